The van der Waals surface area contributed by atoms with Crippen molar-refractivity contribution in [1.82, 2.24) is 9.55 Å². The molecule has 1 heterocycles. The van der Waals surface area contributed by atoms with Gasteiger partial charge in [0, 0.05) is 25.9 Å². The lowest BCUT2D eigenvalue weighted by atomic mass is 10.1. The van der Waals surface area contributed by atoms with Crippen molar-refractivity contribution >= 4 is 34.5 Å². The Kier molecular flexibility index (Phi) is 7.98. The number of hydrogen-bond acceptors (Lipinski definition) is 5. The van der Waals surface area contributed by atoms with E-state index in [1.807, 2.05) is 38.1 Å². The number of benzene rings is 1. The largest absolute Gasteiger partial charge is 0.383 e. The quantitative estimate of drug-likeness (QED) is 0.563. The Balaban J connectivity index is 2.44. The van der Waals surface area contributed by atoms with Gasteiger partial charge in [-0.25, -0.2) is 4.79 Å². The zero-order valence-corrected chi connectivity index (χ0v) is 18.1. The van der Waals surface area contributed by atoms with E-state index in [-0.39, 0.29) is 17.4 Å². The Labute approximate surface area is 175 Å². The first-order chi connectivity index (χ1) is 13.8. The van der Waals surface area contributed by atoms with Gasteiger partial charge in [0.15, 0.2) is 10.8 Å². The number of aromatic amines is 1. The second kappa shape index (κ2) is 10.2. The van der Waals surface area contributed by atoms with Gasteiger partial charge < -0.3 is 20.7 Å². The maximum absolute atomic E-state index is 12.6. The average Bonchev–Trinajstić information content (AvgIpc) is 2.67. The van der Waals surface area contributed by atoms with Gasteiger partial charge in [-0.3, -0.25) is 14.3 Å². The van der Waals surface area contributed by atoms with Crippen LogP contribution in [0.4, 0.5) is 17.2 Å². The van der Waals surface area contributed by atoms with Crippen molar-refractivity contribution in [3.05, 3.63) is 50.7 Å². The van der Waals surface area contributed by atoms with Crippen molar-refractivity contribution in [2.45, 2.75) is 33.7 Å². The van der Waals surface area contributed by atoms with Crippen molar-refractivity contribution in [2.75, 3.05) is 36.2 Å². The molecule has 0 spiro atoms. The Morgan fingerprint density at radius 1 is 1.31 bits per heavy atom. The third-order valence-electron chi connectivity index (χ3n) is 4.41. The molecular weight excluding hydrogens is 390 g/mol. The highest BCUT2D eigenvalue weighted by Gasteiger charge is 2.22. The Morgan fingerprint density at radius 2 is 1.97 bits per heavy atom. The number of ether oxygens (including phenoxy) is 1. The van der Waals surface area contributed by atoms with E-state index in [1.165, 1.54) is 10.1 Å². The maximum Gasteiger partial charge on any atom is 0.330 e. The number of aromatic nitrogens is 2. The number of nitrogens with one attached hydrogen (secondary N) is 2. The molecule has 9 heteroatoms. The van der Waals surface area contributed by atoms with Crippen molar-refractivity contribution in [2.24, 2.45) is 5.92 Å². The van der Waals surface area contributed by atoms with Gasteiger partial charge in [0.05, 0.1) is 6.61 Å². The van der Waals surface area contributed by atoms with Crippen molar-refractivity contribution < 1.29 is 4.74 Å². The summed E-state index contributed by atoms with van der Waals surface area (Å²) in [7, 11) is 1.56. The van der Waals surface area contributed by atoms with Gasteiger partial charge in [-0.1, -0.05) is 32.9 Å². The summed E-state index contributed by atoms with van der Waals surface area (Å²) in [4.78, 5) is 28.8. The molecule has 2 aromatic rings. The Hall–Kier alpha value is -2.65. The number of rotatable bonds is 8. The first kappa shape index (κ1) is 22.6. The molecule has 0 atom stereocenters. The number of thiocarbonyl (C=S) groups is 1. The van der Waals surface area contributed by atoms with E-state index in [2.05, 4.69) is 17.2 Å². The first-order valence-corrected chi connectivity index (χ1v) is 9.98. The highest BCUT2D eigenvalue weighted by atomic mass is 32.1. The van der Waals surface area contributed by atoms with Crippen LogP contribution in [-0.4, -0.2) is 34.9 Å². The number of methoxy groups -OCH3 is 1. The van der Waals surface area contributed by atoms with Gasteiger partial charge in [0.25, 0.3) is 5.56 Å². The molecule has 0 saturated carbocycles. The predicted molar refractivity (Wildman–Crippen MR) is 122 cm³/mol. The highest BCUT2D eigenvalue weighted by molar-refractivity contribution is 7.80. The van der Waals surface area contributed by atoms with E-state index in [4.69, 9.17) is 22.7 Å². The van der Waals surface area contributed by atoms with E-state index < -0.39 is 11.2 Å². The third-order valence-corrected chi connectivity index (χ3v) is 4.73. The normalized spacial score (nSPS) is 10.9. The van der Waals surface area contributed by atoms with Crippen molar-refractivity contribution in [1.29, 1.82) is 0 Å². The van der Waals surface area contributed by atoms with E-state index in [0.29, 0.717) is 24.8 Å². The molecule has 0 fully saturated rings. The summed E-state index contributed by atoms with van der Waals surface area (Å²) in [6.07, 6.45) is 0.938. The molecule has 158 valence electrons. The molecule has 0 aliphatic rings. The number of H-pyrrole nitrogens is 1. The van der Waals surface area contributed by atoms with Gasteiger partial charge in [0.1, 0.15) is 5.82 Å². The van der Waals surface area contributed by atoms with Gasteiger partial charge in [-0.15, -0.1) is 0 Å². The second-order valence-corrected chi connectivity index (χ2v) is 7.51. The summed E-state index contributed by atoms with van der Waals surface area (Å²) in [5, 5.41) is 3.43. The summed E-state index contributed by atoms with van der Waals surface area (Å²) in [6.45, 7) is 7.00. The number of anilines is 3. The molecule has 0 amide bonds. The summed E-state index contributed by atoms with van der Waals surface area (Å²) in [6, 6.07) is 7.86. The number of hydrogen-bond donors (Lipinski definition) is 3. The number of nitrogens with two attached hydrogens (primary N) is 1. The molecule has 1 aromatic carbocycles. The Bertz CT molecular complexity index is 950. The van der Waals surface area contributed by atoms with Crippen LogP contribution in [0.25, 0.3) is 0 Å². The SMILES string of the molecule is CCc1ccc(NC(=S)N(CCOC)c2c(N)n(CC(C)C)c(=O)[nH]c2=O)cc1. The van der Waals surface area contributed by atoms with Crippen LogP contribution in [-0.2, 0) is 17.7 Å². The minimum Gasteiger partial charge on any atom is -0.383 e. The van der Waals surface area contributed by atoms with E-state index in [9.17, 15) is 9.59 Å². The molecule has 8 nitrogen and oxygen atoms in total. The van der Waals surface area contributed by atoms with Gasteiger partial charge >= 0.3 is 5.69 Å². The molecule has 0 radical (unpaired) electrons. The van der Waals surface area contributed by atoms with Crippen molar-refractivity contribution in [3.63, 3.8) is 0 Å². The van der Waals surface area contributed by atoms with Crippen LogP contribution in [0.5, 0.6) is 0 Å². The molecule has 0 aliphatic heterocycles. The Morgan fingerprint density at radius 3 is 2.52 bits per heavy atom. The molecule has 0 aliphatic carbocycles. The molecule has 0 saturated heterocycles. The highest BCUT2D eigenvalue weighted by Crippen LogP contribution is 2.19. The van der Waals surface area contributed by atoms with E-state index in [0.717, 1.165) is 12.1 Å². The third kappa shape index (κ3) is 5.68. The molecular formula is C20H29N5O3S. The van der Waals surface area contributed by atoms with Crippen LogP contribution < -0.4 is 27.2 Å². The molecule has 0 bridgehead atoms. The molecule has 0 unspecified atom stereocenters. The van der Waals surface area contributed by atoms with Crippen LogP contribution in [0.15, 0.2) is 33.9 Å². The first-order valence-electron chi connectivity index (χ1n) is 9.57. The number of nitrogens with zero attached hydrogens (tertiary/aromatic N) is 2. The minimum absolute atomic E-state index is 0.0778. The fourth-order valence-electron chi connectivity index (χ4n) is 2.90. The van der Waals surface area contributed by atoms with Crippen LogP contribution in [0, 0.1) is 5.92 Å². The van der Waals surface area contributed by atoms with Crippen LogP contribution in [0.3, 0.4) is 0 Å². The topological polar surface area (TPSA) is 105 Å². The smallest absolute Gasteiger partial charge is 0.330 e. The zero-order valence-electron chi connectivity index (χ0n) is 17.3. The number of aryl methyl sites for hydroxylation is 1. The van der Waals surface area contributed by atoms with Gasteiger partial charge in [0.2, 0.25) is 0 Å². The van der Waals surface area contributed by atoms with Crippen LogP contribution in [0.2, 0.25) is 0 Å². The monoisotopic (exact) mass is 419 g/mol. The molecule has 29 heavy (non-hydrogen) atoms. The summed E-state index contributed by atoms with van der Waals surface area (Å²) >= 11 is 5.56. The van der Waals surface area contributed by atoms with Crippen molar-refractivity contribution in [3.8, 4) is 0 Å². The van der Waals surface area contributed by atoms with Gasteiger partial charge in [-0.2, -0.15) is 0 Å². The van der Waals surface area contributed by atoms with Crippen LogP contribution >= 0.6 is 12.2 Å². The van der Waals surface area contributed by atoms with Gasteiger partial charge in [-0.05, 0) is 42.3 Å². The second-order valence-electron chi connectivity index (χ2n) is 7.12. The standard InChI is InChI=1S/C20H29N5O3S/c1-5-14-6-8-15(9-7-14)22-20(29)24(10-11-28-4)16-17(21)25(12-13(2)3)19(27)23-18(16)26/h6-9,13H,5,10-12,21H2,1-4H3,(H,22,29)(H,23,26,27). The zero-order chi connectivity index (χ0) is 21.6. The fourth-order valence-corrected chi connectivity index (χ4v) is 3.20. The molecule has 4 N–H and O–H groups in total. The lowest BCUT2D eigenvalue weighted by molar-refractivity contribution is 0.208. The fraction of sp³-hybridized carbons (Fsp3) is 0.450. The number of nitrogen functional groups attached to an aromatic ring is 1. The summed E-state index contributed by atoms with van der Waals surface area (Å²) in [5.74, 6) is 0.248. The van der Waals surface area contributed by atoms with E-state index >= 15 is 0 Å². The average molecular weight is 420 g/mol. The van der Waals surface area contributed by atoms with Crippen LogP contribution in [0.1, 0.15) is 26.3 Å². The predicted octanol–water partition coefficient (Wildman–Crippen LogP) is 2.19. The lowest BCUT2D eigenvalue weighted by Crippen LogP contribution is -2.44. The molecule has 1 aromatic heterocycles. The lowest BCUT2D eigenvalue weighted by Gasteiger charge is -2.27. The summed E-state index contributed by atoms with van der Waals surface area (Å²) in [5.41, 5.74) is 7.25. The summed E-state index contributed by atoms with van der Waals surface area (Å²) < 4.78 is 6.53. The minimum atomic E-state index is -0.589. The van der Waals surface area contributed by atoms with E-state index in [1.54, 1.807) is 12.0 Å². The maximum atomic E-state index is 12.6. The molecule has 2 rings (SSSR count).